The van der Waals surface area contributed by atoms with E-state index < -0.39 is 0 Å². The number of nitrogens with zero attached hydrogens (tertiary/aromatic N) is 1. The SMILES string of the molecule is CSCC[C@H](N)CN(Cc1cccs1)C1CC1. The van der Waals surface area contributed by atoms with Gasteiger partial charge in [0, 0.05) is 30.1 Å². The van der Waals surface area contributed by atoms with Crippen molar-refractivity contribution >= 4 is 23.1 Å². The molecule has 0 aliphatic heterocycles. The summed E-state index contributed by atoms with van der Waals surface area (Å²) in [4.78, 5) is 4.05. The fourth-order valence-electron chi connectivity index (χ4n) is 2.05. The van der Waals surface area contributed by atoms with Gasteiger partial charge in [-0.25, -0.2) is 0 Å². The summed E-state index contributed by atoms with van der Waals surface area (Å²) in [6, 6.07) is 5.51. The molecule has 96 valence electrons. The van der Waals surface area contributed by atoms with Crippen LogP contribution in [0.15, 0.2) is 17.5 Å². The van der Waals surface area contributed by atoms with E-state index in [4.69, 9.17) is 5.73 Å². The molecule has 0 spiro atoms. The lowest BCUT2D eigenvalue weighted by molar-refractivity contribution is 0.238. The Morgan fingerprint density at radius 3 is 3.00 bits per heavy atom. The second kappa shape index (κ2) is 6.78. The first-order valence-corrected chi connectivity index (χ1v) is 8.58. The van der Waals surface area contributed by atoms with Gasteiger partial charge in [0.05, 0.1) is 0 Å². The van der Waals surface area contributed by atoms with Gasteiger partial charge in [0.15, 0.2) is 0 Å². The standard InChI is InChI=1S/C13H22N2S2/c1-16-8-6-11(14)9-15(12-4-5-12)10-13-3-2-7-17-13/h2-3,7,11-12H,4-6,8-10,14H2,1H3/t11-/m0/s1. The number of rotatable bonds is 8. The minimum absolute atomic E-state index is 0.336. The predicted octanol–water partition coefficient (Wildman–Crippen LogP) is 2.79. The van der Waals surface area contributed by atoms with Gasteiger partial charge in [0.1, 0.15) is 0 Å². The maximum atomic E-state index is 6.20. The largest absolute Gasteiger partial charge is 0.327 e. The molecule has 2 nitrogen and oxygen atoms in total. The molecule has 1 aromatic rings. The van der Waals surface area contributed by atoms with Crippen LogP contribution in [0.4, 0.5) is 0 Å². The van der Waals surface area contributed by atoms with Crippen LogP contribution < -0.4 is 5.73 Å². The van der Waals surface area contributed by atoms with Crippen LogP contribution in [-0.2, 0) is 6.54 Å². The number of nitrogens with two attached hydrogens (primary N) is 1. The molecule has 1 fully saturated rings. The first kappa shape index (κ1) is 13.4. The molecule has 1 aromatic heterocycles. The quantitative estimate of drug-likeness (QED) is 0.787. The molecule has 0 bridgehead atoms. The Hall–Kier alpha value is -0.0300. The van der Waals surface area contributed by atoms with Gasteiger partial charge in [-0.3, -0.25) is 4.90 Å². The third kappa shape index (κ3) is 4.62. The molecule has 2 rings (SSSR count). The van der Waals surface area contributed by atoms with Crippen molar-refractivity contribution in [3.05, 3.63) is 22.4 Å². The molecule has 1 atom stereocenters. The van der Waals surface area contributed by atoms with Gasteiger partial charge in [-0.2, -0.15) is 11.8 Å². The van der Waals surface area contributed by atoms with Gasteiger partial charge in [0.25, 0.3) is 0 Å². The van der Waals surface area contributed by atoms with Gasteiger partial charge in [-0.15, -0.1) is 11.3 Å². The van der Waals surface area contributed by atoms with E-state index in [0.29, 0.717) is 6.04 Å². The number of hydrogen-bond donors (Lipinski definition) is 1. The Labute approximate surface area is 113 Å². The van der Waals surface area contributed by atoms with Crippen LogP contribution in [0.5, 0.6) is 0 Å². The molecular formula is C13H22N2S2. The van der Waals surface area contributed by atoms with Crippen molar-refractivity contribution in [2.24, 2.45) is 5.73 Å². The highest BCUT2D eigenvalue weighted by Gasteiger charge is 2.29. The second-order valence-electron chi connectivity index (χ2n) is 4.78. The second-order valence-corrected chi connectivity index (χ2v) is 6.80. The summed E-state index contributed by atoms with van der Waals surface area (Å²) in [5.74, 6) is 1.18. The van der Waals surface area contributed by atoms with Crippen molar-refractivity contribution in [3.8, 4) is 0 Å². The molecule has 0 saturated heterocycles. The topological polar surface area (TPSA) is 29.3 Å². The fraction of sp³-hybridized carbons (Fsp3) is 0.692. The molecule has 1 saturated carbocycles. The highest BCUT2D eigenvalue weighted by atomic mass is 32.2. The third-order valence-corrected chi connectivity index (χ3v) is 4.67. The normalized spacial score (nSPS) is 17.6. The van der Waals surface area contributed by atoms with Crippen LogP contribution >= 0.6 is 23.1 Å². The monoisotopic (exact) mass is 270 g/mol. The molecule has 0 unspecified atom stereocenters. The molecular weight excluding hydrogens is 248 g/mol. The van der Waals surface area contributed by atoms with Crippen molar-refractivity contribution in [2.75, 3.05) is 18.6 Å². The lowest BCUT2D eigenvalue weighted by Gasteiger charge is -2.24. The number of thioether (sulfide) groups is 1. The smallest absolute Gasteiger partial charge is 0.0331 e. The zero-order chi connectivity index (χ0) is 12.1. The van der Waals surface area contributed by atoms with E-state index in [2.05, 4.69) is 28.7 Å². The minimum atomic E-state index is 0.336. The zero-order valence-corrected chi connectivity index (χ0v) is 12.1. The molecule has 1 aliphatic carbocycles. The van der Waals surface area contributed by atoms with Crippen LogP contribution in [-0.4, -0.2) is 35.5 Å². The van der Waals surface area contributed by atoms with Crippen molar-refractivity contribution < 1.29 is 0 Å². The molecule has 0 radical (unpaired) electrons. The summed E-state index contributed by atoms with van der Waals surface area (Å²) < 4.78 is 0. The zero-order valence-electron chi connectivity index (χ0n) is 10.5. The molecule has 17 heavy (non-hydrogen) atoms. The van der Waals surface area contributed by atoms with E-state index in [-0.39, 0.29) is 0 Å². The van der Waals surface area contributed by atoms with E-state index in [1.165, 1.54) is 23.5 Å². The summed E-state index contributed by atoms with van der Waals surface area (Å²) in [6.07, 6.45) is 6.01. The van der Waals surface area contributed by atoms with Crippen LogP contribution in [0.3, 0.4) is 0 Å². The highest BCUT2D eigenvalue weighted by molar-refractivity contribution is 7.98. The van der Waals surface area contributed by atoms with E-state index >= 15 is 0 Å². The Morgan fingerprint density at radius 1 is 1.59 bits per heavy atom. The number of hydrogen-bond acceptors (Lipinski definition) is 4. The Kier molecular flexibility index (Phi) is 5.35. The third-order valence-electron chi connectivity index (χ3n) is 3.16. The molecule has 1 heterocycles. The summed E-state index contributed by atoms with van der Waals surface area (Å²) in [5.41, 5.74) is 6.20. The highest BCUT2D eigenvalue weighted by Crippen LogP contribution is 2.29. The lowest BCUT2D eigenvalue weighted by atomic mass is 10.2. The molecule has 1 aliphatic rings. The summed E-state index contributed by atoms with van der Waals surface area (Å²) >= 11 is 3.74. The number of thiophene rings is 1. The maximum Gasteiger partial charge on any atom is 0.0331 e. The Balaban J connectivity index is 1.80. The summed E-state index contributed by atoms with van der Waals surface area (Å²) in [6.45, 7) is 2.15. The van der Waals surface area contributed by atoms with E-state index in [1.54, 1.807) is 0 Å². The Morgan fingerprint density at radius 2 is 2.41 bits per heavy atom. The summed E-state index contributed by atoms with van der Waals surface area (Å²) in [7, 11) is 0. The Bertz CT molecular complexity index is 309. The lowest BCUT2D eigenvalue weighted by Crippen LogP contribution is -2.38. The van der Waals surface area contributed by atoms with Crippen LogP contribution in [0.1, 0.15) is 24.1 Å². The van der Waals surface area contributed by atoms with E-state index in [0.717, 1.165) is 25.6 Å². The van der Waals surface area contributed by atoms with Crippen LogP contribution in [0, 0.1) is 0 Å². The molecule has 0 aromatic carbocycles. The molecule has 2 N–H and O–H groups in total. The average Bonchev–Trinajstić information content (AvgIpc) is 3.05. The van der Waals surface area contributed by atoms with Gasteiger partial charge >= 0.3 is 0 Å². The van der Waals surface area contributed by atoms with Crippen molar-refractivity contribution in [1.29, 1.82) is 0 Å². The average molecular weight is 270 g/mol. The van der Waals surface area contributed by atoms with Crippen LogP contribution in [0.2, 0.25) is 0 Å². The predicted molar refractivity (Wildman–Crippen MR) is 78.7 cm³/mol. The van der Waals surface area contributed by atoms with Gasteiger partial charge in [0.2, 0.25) is 0 Å². The first-order chi connectivity index (χ1) is 8.29. The maximum absolute atomic E-state index is 6.20. The van der Waals surface area contributed by atoms with Gasteiger partial charge in [-0.05, 0) is 42.7 Å². The first-order valence-electron chi connectivity index (χ1n) is 6.30. The van der Waals surface area contributed by atoms with E-state index in [1.807, 2.05) is 23.1 Å². The molecule has 0 amide bonds. The van der Waals surface area contributed by atoms with E-state index in [9.17, 15) is 0 Å². The van der Waals surface area contributed by atoms with Crippen LogP contribution in [0.25, 0.3) is 0 Å². The van der Waals surface area contributed by atoms with Gasteiger partial charge in [-0.1, -0.05) is 6.07 Å². The van der Waals surface area contributed by atoms with Gasteiger partial charge < -0.3 is 5.73 Å². The van der Waals surface area contributed by atoms with Crippen molar-refractivity contribution in [3.63, 3.8) is 0 Å². The van der Waals surface area contributed by atoms with Crippen molar-refractivity contribution in [1.82, 2.24) is 4.90 Å². The fourth-order valence-corrected chi connectivity index (χ4v) is 3.31. The van der Waals surface area contributed by atoms with Crippen molar-refractivity contribution in [2.45, 2.75) is 37.9 Å². The minimum Gasteiger partial charge on any atom is -0.327 e. The molecule has 4 heteroatoms. The summed E-state index contributed by atoms with van der Waals surface area (Å²) in [5, 5.41) is 2.16.